The predicted molar refractivity (Wildman–Crippen MR) is 58.9 cm³/mol. The zero-order valence-corrected chi connectivity index (χ0v) is 9.06. The monoisotopic (exact) mass is 227 g/mol. The zero-order valence-electron chi connectivity index (χ0n) is 8.31. The molecular formula is C11H14ClNO2. The fourth-order valence-electron chi connectivity index (χ4n) is 2.00. The van der Waals surface area contributed by atoms with Gasteiger partial charge in [-0.3, -0.25) is 0 Å². The van der Waals surface area contributed by atoms with Gasteiger partial charge in [-0.05, 0) is 35.9 Å². The molecule has 0 aliphatic carbocycles. The van der Waals surface area contributed by atoms with Crippen LogP contribution in [0.15, 0.2) is 24.3 Å². The van der Waals surface area contributed by atoms with Gasteiger partial charge < -0.3 is 10.2 Å². The number of nitrogens with zero attached hydrogens (tertiary/aromatic N) is 1. The lowest BCUT2D eigenvalue weighted by Gasteiger charge is -2.32. The number of aromatic hydroxyl groups is 1. The van der Waals surface area contributed by atoms with E-state index in [1.807, 2.05) is 12.1 Å². The molecule has 0 amide bonds. The summed E-state index contributed by atoms with van der Waals surface area (Å²) in [7, 11) is 0. The molecule has 1 heterocycles. The first-order valence-corrected chi connectivity index (χ1v) is 5.38. The Morgan fingerprint density at radius 1 is 1.27 bits per heavy atom. The van der Waals surface area contributed by atoms with Crippen LogP contribution in [0.3, 0.4) is 0 Å². The summed E-state index contributed by atoms with van der Waals surface area (Å²) < 4.78 is 1.61. The van der Waals surface area contributed by atoms with E-state index in [0.717, 1.165) is 18.5 Å². The molecule has 0 spiro atoms. The number of hydrogen-bond acceptors (Lipinski definition) is 3. The number of phenols is 1. The minimum Gasteiger partial charge on any atom is -0.508 e. The van der Waals surface area contributed by atoms with Gasteiger partial charge in [-0.2, -0.15) is 0 Å². The molecule has 2 rings (SSSR count). The first-order valence-electron chi connectivity index (χ1n) is 5.04. The van der Waals surface area contributed by atoms with Crippen LogP contribution < -0.4 is 0 Å². The van der Waals surface area contributed by atoms with Crippen LogP contribution in [0.2, 0.25) is 0 Å². The highest BCUT2D eigenvalue weighted by atomic mass is 35.5. The molecule has 1 aromatic rings. The van der Waals surface area contributed by atoms with Crippen molar-refractivity contribution in [3.63, 3.8) is 0 Å². The topological polar surface area (TPSA) is 43.7 Å². The molecule has 2 N–H and O–H groups in total. The standard InChI is InChI=1S/C11H14ClNO2/c12-13-6-5-10(11(15)7-13)8-1-3-9(14)4-2-8/h1-4,10-11,14-15H,5-7H2/t10-,11+/m1/s1. The number of benzene rings is 1. The highest BCUT2D eigenvalue weighted by Crippen LogP contribution is 2.29. The number of aliphatic hydroxyl groups excluding tert-OH is 1. The number of hydrogen-bond donors (Lipinski definition) is 2. The van der Waals surface area contributed by atoms with Crippen LogP contribution in [0.25, 0.3) is 0 Å². The van der Waals surface area contributed by atoms with Crippen molar-refractivity contribution in [1.82, 2.24) is 4.42 Å². The van der Waals surface area contributed by atoms with Crippen LogP contribution in [0.4, 0.5) is 0 Å². The van der Waals surface area contributed by atoms with Gasteiger partial charge in [0, 0.05) is 19.0 Å². The molecular weight excluding hydrogens is 214 g/mol. The predicted octanol–water partition coefficient (Wildman–Crippen LogP) is 1.70. The molecule has 1 aromatic carbocycles. The third-order valence-electron chi connectivity index (χ3n) is 2.85. The second kappa shape index (κ2) is 4.39. The van der Waals surface area contributed by atoms with Crippen molar-refractivity contribution in [3.05, 3.63) is 29.8 Å². The first-order chi connectivity index (χ1) is 7.16. The zero-order chi connectivity index (χ0) is 10.8. The Labute approximate surface area is 94.0 Å². The SMILES string of the molecule is Oc1ccc([C@H]2CCN(Cl)C[C@@H]2O)cc1. The third kappa shape index (κ3) is 2.43. The summed E-state index contributed by atoms with van der Waals surface area (Å²) in [6.07, 6.45) is 0.413. The van der Waals surface area contributed by atoms with Gasteiger partial charge in [0.15, 0.2) is 0 Å². The Morgan fingerprint density at radius 3 is 2.53 bits per heavy atom. The highest BCUT2D eigenvalue weighted by Gasteiger charge is 2.27. The van der Waals surface area contributed by atoms with Crippen LogP contribution in [0, 0.1) is 0 Å². The summed E-state index contributed by atoms with van der Waals surface area (Å²) in [5, 5.41) is 19.0. The maximum absolute atomic E-state index is 9.87. The molecule has 0 radical (unpaired) electrons. The largest absolute Gasteiger partial charge is 0.508 e. The van der Waals surface area contributed by atoms with Crippen molar-refractivity contribution in [3.8, 4) is 5.75 Å². The molecule has 0 saturated carbocycles. The average molecular weight is 228 g/mol. The highest BCUT2D eigenvalue weighted by molar-refractivity contribution is 6.13. The second-order valence-electron chi connectivity index (χ2n) is 3.92. The molecule has 2 atom stereocenters. The van der Waals surface area contributed by atoms with E-state index in [0.29, 0.717) is 6.54 Å². The Kier molecular flexibility index (Phi) is 3.14. The Morgan fingerprint density at radius 2 is 1.93 bits per heavy atom. The first kappa shape index (κ1) is 10.7. The van der Waals surface area contributed by atoms with Gasteiger partial charge >= 0.3 is 0 Å². The summed E-state index contributed by atoms with van der Waals surface area (Å²) in [5.41, 5.74) is 1.06. The van der Waals surface area contributed by atoms with Crippen molar-refractivity contribution in [2.24, 2.45) is 0 Å². The van der Waals surface area contributed by atoms with Gasteiger partial charge in [-0.1, -0.05) is 12.1 Å². The van der Waals surface area contributed by atoms with E-state index in [4.69, 9.17) is 11.8 Å². The summed E-state index contributed by atoms with van der Waals surface area (Å²) in [5.74, 6) is 0.378. The number of halogens is 1. The summed E-state index contributed by atoms with van der Waals surface area (Å²) >= 11 is 5.82. The van der Waals surface area contributed by atoms with E-state index in [-0.39, 0.29) is 11.7 Å². The molecule has 1 aliphatic rings. The Hall–Kier alpha value is -0.770. The Bertz CT molecular complexity index is 328. The number of β-amino-alcohol motifs (C(OH)–C–C–N with tert-alkyl or cyclic N) is 1. The fraction of sp³-hybridized carbons (Fsp3) is 0.455. The molecule has 1 saturated heterocycles. The maximum Gasteiger partial charge on any atom is 0.115 e. The molecule has 4 heteroatoms. The molecule has 1 aliphatic heterocycles. The van der Waals surface area contributed by atoms with Gasteiger partial charge in [0.1, 0.15) is 5.75 Å². The molecule has 1 fully saturated rings. The van der Waals surface area contributed by atoms with Crippen LogP contribution in [0.1, 0.15) is 17.9 Å². The van der Waals surface area contributed by atoms with Crippen molar-refractivity contribution in [2.45, 2.75) is 18.4 Å². The molecule has 82 valence electrons. The minimum absolute atomic E-state index is 0.126. The second-order valence-corrected chi connectivity index (χ2v) is 4.40. The quantitative estimate of drug-likeness (QED) is 0.718. The number of aliphatic hydroxyl groups is 1. The van der Waals surface area contributed by atoms with E-state index in [1.165, 1.54) is 0 Å². The lowest BCUT2D eigenvalue weighted by molar-refractivity contribution is 0.0867. The van der Waals surface area contributed by atoms with E-state index in [1.54, 1.807) is 16.6 Å². The van der Waals surface area contributed by atoms with Crippen molar-refractivity contribution >= 4 is 11.8 Å². The Balaban J connectivity index is 2.13. The smallest absolute Gasteiger partial charge is 0.115 e. The maximum atomic E-state index is 9.87. The van der Waals surface area contributed by atoms with E-state index >= 15 is 0 Å². The molecule has 15 heavy (non-hydrogen) atoms. The normalized spacial score (nSPS) is 27.9. The lowest BCUT2D eigenvalue weighted by Crippen LogP contribution is -2.37. The molecule has 0 unspecified atom stereocenters. The van der Waals surface area contributed by atoms with E-state index in [9.17, 15) is 10.2 Å². The van der Waals surface area contributed by atoms with Gasteiger partial charge in [-0.25, -0.2) is 4.42 Å². The summed E-state index contributed by atoms with van der Waals surface area (Å²) in [6, 6.07) is 7.00. The third-order valence-corrected chi connectivity index (χ3v) is 3.16. The molecule has 3 nitrogen and oxygen atoms in total. The van der Waals surface area contributed by atoms with Gasteiger partial charge in [-0.15, -0.1) is 0 Å². The van der Waals surface area contributed by atoms with Crippen molar-refractivity contribution in [2.75, 3.05) is 13.1 Å². The van der Waals surface area contributed by atoms with Crippen molar-refractivity contribution in [1.29, 1.82) is 0 Å². The van der Waals surface area contributed by atoms with Crippen LogP contribution in [-0.2, 0) is 0 Å². The van der Waals surface area contributed by atoms with E-state index < -0.39 is 6.10 Å². The van der Waals surface area contributed by atoms with Crippen LogP contribution in [0.5, 0.6) is 5.75 Å². The number of rotatable bonds is 1. The summed E-state index contributed by atoms with van der Waals surface area (Å²) in [6.45, 7) is 1.28. The van der Waals surface area contributed by atoms with Crippen LogP contribution in [-0.4, -0.2) is 33.8 Å². The number of phenolic OH excluding ortho intramolecular Hbond substituents is 1. The van der Waals surface area contributed by atoms with E-state index in [2.05, 4.69) is 0 Å². The minimum atomic E-state index is -0.430. The lowest BCUT2D eigenvalue weighted by atomic mass is 9.88. The fourth-order valence-corrected chi connectivity index (χ4v) is 2.24. The van der Waals surface area contributed by atoms with Crippen molar-refractivity contribution < 1.29 is 10.2 Å². The average Bonchev–Trinajstić information content (AvgIpc) is 2.20. The summed E-state index contributed by atoms with van der Waals surface area (Å²) in [4.78, 5) is 0. The van der Waals surface area contributed by atoms with Gasteiger partial charge in [0.05, 0.1) is 6.10 Å². The number of piperidine rings is 1. The van der Waals surface area contributed by atoms with Crippen LogP contribution >= 0.6 is 11.8 Å². The molecule has 0 bridgehead atoms. The van der Waals surface area contributed by atoms with Gasteiger partial charge in [0.25, 0.3) is 0 Å². The van der Waals surface area contributed by atoms with Gasteiger partial charge in [0.2, 0.25) is 0 Å². The molecule has 0 aromatic heterocycles.